The predicted molar refractivity (Wildman–Crippen MR) is 177 cm³/mol. The Morgan fingerprint density at radius 2 is 1.47 bits per heavy atom. The average molecular weight is 665 g/mol. The minimum absolute atomic E-state index is 0.130. The fourth-order valence-corrected chi connectivity index (χ4v) is 7.45. The molecule has 234 valence electrons. The minimum atomic E-state index is -3.52. The van der Waals surface area contributed by atoms with Gasteiger partial charge >= 0.3 is 0 Å². The molecule has 0 bridgehead atoms. The third kappa shape index (κ3) is 8.32. The predicted octanol–water partition coefficient (Wildman–Crippen LogP) is 6.80. The quantitative estimate of drug-likeness (QED) is 0.181. The molecule has 1 heterocycles. The number of carbonyl (C=O) groups is 2. The van der Waals surface area contributed by atoms with E-state index in [4.69, 9.17) is 23.2 Å². The number of rotatable bonds is 12. The summed E-state index contributed by atoms with van der Waals surface area (Å²) in [7, 11) is -3.52. The molecule has 0 unspecified atom stereocenters. The van der Waals surface area contributed by atoms with E-state index in [9.17, 15) is 18.0 Å². The van der Waals surface area contributed by atoms with Crippen LogP contribution in [0.4, 0.5) is 0 Å². The van der Waals surface area contributed by atoms with Crippen molar-refractivity contribution in [3.8, 4) is 0 Å². The summed E-state index contributed by atoms with van der Waals surface area (Å²) in [5, 5.41) is 3.91. The van der Waals surface area contributed by atoms with Crippen molar-refractivity contribution in [3.05, 3.63) is 135 Å². The molecule has 10 heteroatoms. The molecule has 0 radical (unpaired) electrons. The normalized spacial score (nSPS) is 14.2. The third-order valence-corrected chi connectivity index (χ3v) is 10.4. The summed E-state index contributed by atoms with van der Waals surface area (Å²) in [5.74, 6) is -0.547. The molecular formula is C35H35Cl2N3O4S. The molecule has 1 aliphatic rings. The van der Waals surface area contributed by atoms with Gasteiger partial charge in [0.2, 0.25) is 21.8 Å². The van der Waals surface area contributed by atoms with Gasteiger partial charge in [0.25, 0.3) is 0 Å². The lowest BCUT2D eigenvalue weighted by atomic mass is 10.0. The topological polar surface area (TPSA) is 86.8 Å². The highest BCUT2D eigenvalue weighted by molar-refractivity contribution is 7.89. The van der Waals surface area contributed by atoms with Crippen molar-refractivity contribution in [1.29, 1.82) is 0 Å². The van der Waals surface area contributed by atoms with E-state index >= 15 is 0 Å². The second-order valence-electron chi connectivity index (χ2n) is 11.0. The maximum atomic E-state index is 14.0. The van der Waals surface area contributed by atoms with E-state index in [0.29, 0.717) is 40.7 Å². The minimum Gasteiger partial charge on any atom is -0.350 e. The Morgan fingerprint density at radius 1 is 0.822 bits per heavy atom. The molecule has 7 nitrogen and oxygen atoms in total. The lowest BCUT2D eigenvalue weighted by molar-refractivity contribution is -0.141. The van der Waals surface area contributed by atoms with Crippen molar-refractivity contribution in [3.63, 3.8) is 0 Å². The SMILES string of the molecule is O=C(NCc1ccc(Cl)cc1Cl)[C@H](c1ccccc1)N(Cc1ccccc1)C(=O)CCc1ccc(S(=O)(=O)N2CCCC2)cc1. The van der Waals surface area contributed by atoms with Crippen molar-refractivity contribution in [2.45, 2.75) is 49.7 Å². The molecule has 0 saturated carbocycles. The van der Waals surface area contributed by atoms with E-state index in [0.717, 1.165) is 24.0 Å². The Balaban J connectivity index is 1.37. The van der Waals surface area contributed by atoms with Crippen LogP contribution in [0, 0.1) is 0 Å². The molecule has 1 saturated heterocycles. The zero-order valence-corrected chi connectivity index (χ0v) is 27.1. The van der Waals surface area contributed by atoms with Gasteiger partial charge in [-0.15, -0.1) is 0 Å². The number of benzene rings is 4. The molecule has 45 heavy (non-hydrogen) atoms. The van der Waals surface area contributed by atoms with E-state index in [1.807, 2.05) is 60.7 Å². The number of halogens is 2. The second kappa shape index (κ2) is 15.1. The van der Waals surface area contributed by atoms with Crippen LogP contribution in [-0.4, -0.2) is 42.5 Å². The molecule has 1 atom stereocenters. The van der Waals surface area contributed by atoms with E-state index in [1.54, 1.807) is 47.4 Å². The number of carbonyl (C=O) groups excluding carboxylic acids is 2. The highest BCUT2D eigenvalue weighted by Crippen LogP contribution is 2.27. The number of hydrogen-bond acceptors (Lipinski definition) is 4. The molecule has 1 aliphatic heterocycles. The van der Waals surface area contributed by atoms with Crippen LogP contribution in [0.5, 0.6) is 0 Å². The molecular weight excluding hydrogens is 629 g/mol. The molecule has 0 aliphatic carbocycles. The lowest BCUT2D eigenvalue weighted by Gasteiger charge is -2.32. The van der Waals surface area contributed by atoms with Crippen molar-refractivity contribution >= 4 is 45.0 Å². The van der Waals surface area contributed by atoms with Gasteiger partial charge in [0.15, 0.2) is 0 Å². The van der Waals surface area contributed by atoms with Crippen molar-refractivity contribution in [2.24, 2.45) is 0 Å². The Hall–Kier alpha value is -3.69. The van der Waals surface area contributed by atoms with Gasteiger partial charge in [-0.1, -0.05) is 102 Å². The van der Waals surface area contributed by atoms with Gasteiger partial charge in [-0.3, -0.25) is 9.59 Å². The summed E-state index contributed by atoms with van der Waals surface area (Å²) in [4.78, 5) is 29.8. The molecule has 2 amide bonds. The lowest BCUT2D eigenvalue weighted by Crippen LogP contribution is -2.43. The van der Waals surface area contributed by atoms with E-state index in [1.165, 1.54) is 4.31 Å². The molecule has 1 fully saturated rings. The second-order valence-corrected chi connectivity index (χ2v) is 13.8. The Morgan fingerprint density at radius 3 is 2.11 bits per heavy atom. The summed E-state index contributed by atoms with van der Waals surface area (Å²) in [6.07, 6.45) is 2.26. The molecule has 5 rings (SSSR count). The Kier molecular flexibility index (Phi) is 10.9. The van der Waals surface area contributed by atoms with E-state index in [2.05, 4.69) is 5.32 Å². The fourth-order valence-electron chi connectivity index (χ4n) is 5.46. The fraction of sp³-hybridized carbons (Fsp3) is 0.257. The Labute approximate surface area is 274 Å². The first-order valence-corrected chi connectivity index (χ1v) is 17.1. The van der Waals surface area contributed by atoms with Crippen LogP contribution in [0.15, 0.2) is 108 Å². The van der Waals surface area contributed by atoms with Crippen LogP contribution >= 0.6 is 23.2 Å². The summed E-state index contributed by atoms with van der Waals surface area (Å²) in [5.41, 5.74) is 3.11. The summed E-state index contributed by atoms with van der Waals surface area (Å²) in [6, 6.07) is 29.7. The van der Waals surface area contributed by atoms with Crippen LogP contribution < -0.4 is 5.32 Å². The number of hydrogen-bond donors (Lipinski definition) is 1. The average Bonchev–Trinajstić information content (AvgIpc) is 3.61. The van der Waals surface area contributed by atoms with E-state index < -0.39 is 16.1 Å². The maximum Gasteiger partial charge on any atom is 0.247 e. The molecule has 4 aromatic rings. The van der Waals surface area contributed by atoms with Crippen LogP contribution in [-0.2, 0) is 39.1 Å². The van der Waals surface area contributed by atoms with Gasteiger partial charge in [-0.05, 0) is 65.8 Å². The van der Waals surface area contributed by atoms with E-state index in [-0.39, 0.29) is 36.2 Å². The molecule has 1 N–H and O–H groups in total. The van der Waals surface area contributed by atoms with Gasteiger partial charge in [0.05, 0.1) is 4.90 Å². The summed E-state index contributed by atoms with van der Waals surface area (Å²) in [6.45, 7) is 1.47. The van der Waals surface area contributed by atoms with Crippen LogP contribution in [0.2, 0.25) is 10.0 Å². The Bertz CT molecular complexity index is 1710. The van der Waals surface area contributed by atoms with Gasteiger partial charge in [-0.2, -0.15) is 4.31 Å². The molecule has 0 aromatic heterocycles. The van der Waals surface area contributed by atoms with Gasteiger partial charge in [0.1, 0.15) is 6.04 Å². The first-order chi connectivity index (χ1) is 21.7. The summed E-state index contributed by atoms with van der Waals surface area (Å²) >= 11 is 12.4. The van der Waals surface area contributed by atoms with Gasteiger partial charge in [-0.25, -0.2) is 8.42 Å². The smallest absolute Gasteiger partial charge is 0.247 e. The number of amides is 2. The van der Waals surface area contributed by atoms with Crippen molar-refractivity contribution in [2.75, 3.05) is 13.1 Å². The van der Waals surface area contributed by atoms with Crippen LogP contribution in [0.3, 0.4) is 0 Å². The number of aryl methyl sites for hydroxylation is 1. The standard InChI is InChI=1S/C35H35Cl2N3O4S/c36-30-17-16-29(32(37)23-30)24-38-35(42)34(28-11-5-2-6-12-28)40(25-27-9-3-1-4-10-27)33(41)20-15-26-13-18-31(19-14-26)45(43,44)39-21-7-8-22-39/h1-6,9-14,16-19,23,34H,7-8,15,20-22,24-25H2,(H,38,42)/t34-/m0/s1. The molecule has 4 aromatic carbocycles. The first-order valence-electron chi connectivity index (χ1n) is 14.9. The number of nitrogens with zero attached hydrogens (tertiary/aromatic N) is 2. The highest BCUT2D eigenvalue weighted by Gasteiger charge is 2.32. The zero-order valence-electron chi connectivity index (χ0n) is 24.7. The highest BCUT2D eigenvalue weighted by atomic mass is 35.5. The van der Waals surface area contributed by atoms with Crippen molar-refractivity contribution < 1.29 is 18.0 Å². The number of sulfonamides is 1. The van der Waals surface area contributed by atoms with Gasteiger partial charge < -0.3 is 10.2 Å². The first kappa shape index (κ1) is 32.7. The van der Waals surface area contributed by atoms with Crippen LogP contribution in [0.1, 0.15) is 47.6 Å². The van der Waals surface area contributed by atoms with Crippen molar-refractivity contribution in [1.82, 2.24) is 14.5 Å². The van der Waals surface area contributed by atoms with Crippen LogP contribution in [0.25, 0.3) is 0 Å². The summed E-state index contributed by atoms with van der Waals surface area (Å²) < 4.78 is 27.4. The zero-order chi connectivity index (χ0) is 31.8. The third-order valence-electron chi connectivity index (χ3n) is 7.91. The largest absolute Gasteiger partial charge is 0.350 e. The number of nitrogens with one attached hydrogen (secondary N) is 1. The monoisotopic (exact) mass is 663 g/mol. The molecule has 0 spiro atoms. The maximum absolute atomic E-state index is 14.0. The van der Waals surface area contributed by atoms with Gasteiger partial charge in [0, 0.05) is 42.6 Å².